The van der Waals surface area contributed by atoms with E-state index in [0.717, 1.165) is 6.42 Å². The standard InChI is InChI=1S/C15H13N/c1-2-13-5-3-4-6-15(13)14-9-7-12(11-16)8-10-14/h3-10H,2H2,1H3. The van der Waals surface area contributed by atoms with E-state index in [-0.39, 0.29) is 0 Å². The molecule has 0 atom stereocenters. The molecule has 0 aliphatic rings. The lowest BCUT2D eigenvalue weighted by Crippen LogP contribution is -1.86. The molecule has 0 N–H and O–H groups in total. The van der Waals surface area contributed by atoms with Crippen LogP contribution in [0.5, 0.6) is 0 Å². The van der Waals surface area contributed by atoms with Gasteiger partial charge >= 0.3 is 0 Å². The van der Waals surface area contributed by atoms with Crippen LogP contribution in [0.25, 0.3) is 11.1 Å². The lowest BCUT2D eigenvalue weighted by atomic mass is 9.97. The highest BCUT2D eigenvalue weighted by atomic mass is 14.2. The lowest BCUT2D eigenvalue weighted by Gasteiger charge is -2.07. The summed E-state index contributed by atoms with van der Waals surface area (Å²) in [4.78, 5) is 0. The maximum Gasteiger partial charge on any atom is 0.0991 e. The zero-order valence-corrected chi connectivity index (χ0v) is 9.27. The first-order chi connectivity index (χ1) is 7.85. The molecule has 0 aromatic heterocycles. The van der Waals surface area contributed by atoms with Gasteiger partial charge in [0.05, 0.1) is 11.6 Å². The van der Waals surface area contributed by atoms with E-state index in [9.17, 15) is 0 Å². The third-order valence-electron chi connectivity index (χ3n) is 2.72. The van der Waals surface area contributed by atoms with Gasteiger partial charge in [0.15, 0.2) is 0 Å². The zero-order valence-electron chi connectivity index (χ0n) is 9.27. The van der Waals surface area contributed by atoms with E-state index >= 15 is 0 Å². The fourth-order valence-corrected chi connectivity index (χ4v) is 1.83. The maximum absolute atomic E-state index is 8.75. The van der Waals surface area contributed by atoms with Crippen LogP contribution in [-0.2, 0) is 6.42 Å². The van der Waals surface area contributed by atoms with Crippen molar-refractivity contribution in [2.75, 3.05) is 0 Å². The Bertz CT molecular complexity index is 518. The van der Waals surface area contributed by atoms with Gasteiger partial charge < -0.3 is 0 Å². The van der Waals surface area contributed by atoms with Gasteiger partial charge in [0.2, 0.25) is 0 Å². The Hall–Kier alpha value is -2.07. The van der Waals surface area contributed by atoms with Crippen LogP contribution in [0.1, 0.15) is 18.1 Å². The van der Waals surface area contributed by atoms with Crippen molar-refractivity contribution < 1.29 is 0 Å². The molecule has 0 aliphatic heterocycles. The monoisotopic (exact) mass is 207 g/mol. The van der Waals surface area contributed by atoms with Crippen LogP contribution >= 0.6 is 0 Å². The molecule has 1 heteroatoms. The van der Waals surface area contributed by atoms with Gasteiger partial charge in [-0.2, -0.15) is 5.26 Å². The summed E-state index contributed by atoms with van der Waals surface area (Å²) in [6.45, 7) is 2.16. The van der Waals surface area contributed by atoms with Crippen LogP contribution in [0.15, 0.2) is 48.5 Å². The average Bonchev–Trinajstić information content (AvgIpc) is 2.39. The highest BCUT2D eigenvalue weighted by Gasteiger charge is 2.02. The first-order valence-corrected chi connectivity index (χ1v) is 5.43. The summed E-state index contributed by atoms with van der Waals surface area (Å²) in [5, 5.41) is 8.75. The Labute approximate surface area is 96.0 Å². The molecule has 0 bridgehead atoms. The quantitative estimate of drug-likeness (QED) is 0.735. The van der Waals surface area contributed by atoms with Crippen LogP contribution in [0.3, 0.4) is 0 Å². The molecule has 0 fully saturated rings. The normalized spacial score (nSPS) is 9.75. The molecule has 0 spiro atoms. The molecule has 78 valence electrons. The van der Waals surface area contributed by atoms with Gasteiger partial charge in [0.1, 0.15) is 0 Å². The Balaban J connectivity index is 2.47. The van der Waals surface area contributed by atoms with Crippen molar-refractivity contribution in [1.29, 1.82) is 5.26 Å². The van der Waals surface area contributed by atoms with E-state index in [0.29, 0.717) is 5.56 Å². The minimum Gasteiger partial charge on any atom is -0.192 e. The van der Waals surface area contributed by atoms with Gasteiger partial charge in [0.25, 0.3) is 0 Å². The van der Waals surface area contributed by atoms with Crippen LogP contribution in [0.2, 0.25) is 0 Å². The Morgan fingerprint density at radius 1 is 1.00 bits per heavy atom. The zero-order chi connectivity index (χ0) is 11.4. The third-order valence-corrected chi connectivity index (χ3v) is 2.72. The molecule has 16 heavy (non-hydrogen) atoms. The Morgan fingerprint density at radius 3 is 2.31 bits per heavy atom. The van der Waals surface area contributed by atoms with Gasteiger partial charge in [-0.05, 0) is 35.2 Å². The molecule has 0 saturated carbocycles. The second kappa shape index (κ2) is 4.63. The summed E-state index contributed by atoms with van der Waals surface area (Å²) in [7, 11) is 0. The number of benzene rings is 2. The largest absolute Gasteiger partial charge is 0.192 e. The second-order valence-corrected chi connectivity index (χ2v) is 3.70. The lowest BCUT2D eigenvalue weighted by molar-refractivity contribution is 1.14. The number of aryl methyl sites for hydroxylation is 1. The molecule has 0 heterocycles. The van der Waals surface area contributed by atoms with Crippen LogP contribution in [-0.4, -0.2) is 0 Å². The molecule has 2 aromatic carbocycles. The van der Waals surface area contributed by atoms with Gasteiger partial charge in [-0.25, -0.2) is 0 Å². The first-order valence-electron chi connectivity index (χ1n) is 5.43. The van der Waals surface area contributed by atoms with Crippen molar-refractivity contribution in [3.8, 4) is 17.2 Å². The van der Waals surface area contributed by atoms with Gasteiger partial charge in [-0.1, -0.05) is 43.3 Å². The Morgan fingerprint density at radius 2 is 1.69 bits per heavy atom. The van der Waals surface area contributed by atoms with Crippen molar-refractivity contribution >= 4 is 0 Å². The fraction of sp³-hybridized carbons (Fsp3) is 0.133. The molecular weight excluding hydrogens is 194 g/mol. The van der Waals surface area contributed by atoms with Crippen molar-refractivity contribution in [1.82, 2.24) is 0 Å². The van der Waals surface area contributed by atoms with Gasteiger partial charge in [-0.3, -0.25) is 0 Å². The van der Waals surface area contributed by atoms with Crippen molar-refractivity contribution in [3.63, 3.8) is 0 Å². The van der Waals surface area contributed by atoms with E-state index in [1.807, 2.05) is 30.3 Å². The van der Waals surface area contributed by atoms with Crippen molar-refractivity contribution in [2.24, 2.45) is 0 Å². The summed E-state index contributed by atoms with van der Waals surface area (Å²) in [5.74, 6) is 0. The summed E-state index contributed by atoms with van der Waals surface area (Å²) >= 11 is 0. The van der Waals surface area contributed by atoms with Gasteiger partial charge in [-0.15, -0.1) is 0 Å². The van der Waals surface area contributed by atoms with E-state index in [4.69, 9.17) is 5.26 Å². The topological polar surface area (TPSA) is 23.8 Å². The fourth-order valence-electron chi connectivity index (χ4n) is 1.83. The van der Waals surface area contributed by atoms with E-state index in [1.54, 1.807) is 0 Å². The van der Waals surface area contributed by atoms with E-state index < -0.39 is 0 Å². The van der Waals surface area contributed by atoms with Crippen LogP contribution < -0.4 is 0 Å². The van der Waals surface area contributed by atoms with Crippen molar-refractivity contribution in [2.45, 2.75) is 13.3 Å². The predicted octanol–water partition coefficient (Wildman–Crippen LogP) is 3.79. The molecule has 2 rings (SSSR count). The molecule has 0 aliphatic carbocycles. The number of hydrogen-bond donors (Lipinski definition) is 0. The highest BCUT2D eigenvalue weighted by Crippen LogP contribution is 2.24. The second-order valence-electron chi connectivity index (χ2n) is 3.70. The molecule has 0 radical (unpaired) electrons. The third kappa shape index (κ3) is 1.97. The molecule has 1 nitrogen and oxygen atoms in total. The summed E-state index contributed by atoms with van der Waals surface area (Å²) in [6, 6.07) is 18.3. The smallest absolute Gasteiger partial charge is 0.0991 e. The number of hydrogen-bond acceptors (Lipinski definition) is 1. The predicted molar refractivity (Wildman–Crippen MR) is 66.0 cm³/mol. The maximum atomic E-state index is 8.75. The molecule has 2 aromatic rings. The van der Waals surface area contributed by atoms with Crippen molar-refractivity contribution in [3.05, 3.63) is 59.7 Å². The average molecular weight is 207 g/mol. The molecule has 0 saturated heterocycles. The Kier molecular flexibility index (Phi) is 3.03. The first kappa shape index (κ1) is 10.4. The SMILES string of the molecule is CCc1ccccc1-c1ccc(C#N)cc1. The van der Waals surface area contributed by atoms with Crippen LogP contribution in [0.4, 0.5) is 0 Å². The number of nitrogens with zero attached hydrogens (tertiary/aromatic N) is 1. The number of nitriles is 1. The summed E-state index contributed by atoms with van der Waals surface area (Å²) in [5.41, 5.74) is 4.48. The number of rotatable bonds is 2. The summed E-state index contributed by atoms with van der Waals surface area (Å²) in [6.07, 6.45) is 1.02. The molecule has 0 unspecified atom stereocenters. The van der Waals surface area contributed by atoms with E-state index in [1.165, 1.54) is 16.7 Å². The molecule has 0 amide bonds. The molecular formula is C15H13N. The minimum absolute atomic E-state index is 0.706. The van der Waals surface area contributed by atoms with Gasteiger partial charge in [0, 0.05) is 0 Å². The summed E-state index contributed by atoms with van der Waals surface area (Å²) < 4.78 is 0. The van der Waals surface area contributed by atoms with Crippen LogP contribution in [0, 0.1) is 11.3 Å². The van der Waals surface area contributed by atoms with E-state index in [2.05, 4.69) is 31.2 Å². The highest BCUT2D eigenvalue weighted by molar-refractivity contribution is 5.67. The minimum atomic E-state index is 0.706.